The Labute approximate surface area is 129 Å². The van der Waals surface area contributed by atoms with E-state index in [2.05, 4.69) is 35.3 Å². The van der Waals surface area contributed by atoms with Crippen molar-refractivity contribution >= 4 is 10.9 Å². The molecule has 0 atom stereocenters. The maximum absolute atomic E-state index is 5.89. The Morgan fingerprint density at radius 1 is 0.818 bits per heavy atom. The van der Waals surface area contributed by atoms with Gasteiger partial charge in [0.25, 0.3) is 0 Å². The van der Waals surface area contributed by atoms with E-state index < -0.39 is 0 Å². The second kappa shape index (κ2) is 5.41. The lowest BCUT2D eigenvalue weighted by molar-refractivity contribution is 0.483. The molecule has 0 spiro atoms. The molecule has 0 aliphatic heterocycles. The van der Waals surface area contributed by atoms with Gasteiger partial charge in [0.2, 0.25) is 0 Å². The van der Waals surface area contributed by atoms with Crippen LogP contribution < -0.4 is 4.74 Å². The molecule has 2 nitrogen and oxygen atoms in total. The molecule has 3 aromatic carbocycles. The molecule has 0 unspecified atom stereocenters. The summed E-state index contributed by atoms with van der Waals surface area (Å²) in [5.74, 6) is 1.64. The number of aromatic amines is 1. The Bertz CT molecular complexity index is 909. The first kappa shape index (κ1) is 12.7. The first-order valence-corrected chi connectivity index (χ1v) is 7.21. The third-order valence-electron chi connectivity index (χ3n) is 3.62. The largest absolute Gasteiger partial charge is 0.457 e. The van der Waals surface area contributed by atoms with Crippen molar-refractivity contribution in [2.24, 2.45) is 0 Å². The predicted octanol–water partition coefficient (Wildman–Crippen LogP) is 5.43. The number of para-hydroxylation sites is 1. The van der Waals surface area contributed by atoms with E-state index in [-0.39, 0.29) is 0 Å². The van der Waals surface area contributed by atoms with Crippen LogP contribution in [0.5, 0.6) is 11.5 Å². The van der Waals surface area contributed by atoms with Crippen molar-refractivity contribution in [3.63, 3.8) is 0 Å². The number of rotatable bonds is 3. The van der Waals surface area contributed by atoms with E-state index in [1.165, 1.54) is 5.39 Å². The Kier molecular flexibility index (Phi) is 3.13. The van der Waals surface area contributed by atoms with E-state index >= 15 is 0 Å². The molecular formula is C20H14NO. The lowest BCUT2D eigenvalue weighted by Gasteiger charge is -2.08. The molecule has 0 amide bonds. The van der Waals surface area contributed by atoms with E-state index in [9.17, 15) is 0 Å². The summed E-state index contributed by atoms with van der Waals surface area (Å²) in [5.41, 5.74) is 3.26. The minimum Gasteiger partial charge on any atom is -0.457 e. The van der Waals surface area contributed by atoms with Crippen LogP contribution in [-0.4, -0.2) is 4.98 Å². The minimum absolute atomic E-state index is 0.812. The van der Waals surface area contributed by atoms with Crippen molar-refractivity contribution in [3.8, 4) is 22.6 Å². The topological polar surface area (TPSA) is 25.0 Å². The first-order chi connectivity index (χ1) is 10.9. The Hall–Kier alpha value is -3.00. The summed E-state index contributed by atoms with van der Waals surface area (Å²) >= 11 is 0. The number of aromatic nitrogens is 1. The van der Waals surface area contributed by atoms with Crippen molar-refractivity contribution in [2.45, 2.75) is 0 Å². The number of fused-ring (bicyclic) bond motifs is 1. The monoisotopic (exact) mass is 284 g/mol. The van der Waals surface area contributed by atoms with Crippen LogP contribution in [0.2, 0.25) is 0 Å². The highest BCUT2D eigenvalue weighted by molar-refractivity contribution is 5.84. The molecule has 1 aromatic heterocycles. The van der Waals surface area contributed by atoms with Crippen LogP contribution in [0.25, 0.3) is 22.0 Å². The average molecular weight is 284 g/mol. The lowest BCUT2D eigenvalue weighted by Crippen LogP contribution is -1.85. The molecule has 0 aliphatic rings. The zero-order valence-electron chi connectivity index (χ0n) is 11.9. The van der Waals surface area contributed by atoms with Gasteiger partial charge in [-0.2, -0.15) is 0 Å². The molecular weight excluding hydrogens is 270 g/mol. The second-order valence-electron chi connectivity index (χ2n) is 5.13. The Balaban J connectivity index is 1.69. The van der Waals surface area contributed by atoms with Gasteiger partial charge in [-0.15, -0.1) is 0 Å². The van der Waals surface area contributed by atoms with Gasteiger partial charge in [-0.05, 0) is 59.0 Å². The number of hydrogen-bond acceptors (Lipinski definition) is 1. The van der Waals surface area contributed by atoms with Crippen LogP contribution in [0.15, 0.2) is 79.0 Å². The highest BCUT2D eigenvalue weighted by Crippen LogP contribution is 2.28. The zero-order chi connectivity index (χ0) is 14.8. The summed E-state index contributed by atoms with van der Waals surface area (Å²) in [6.07, 6.45) is 1.95. The van der Waals surface area contributed by atoms with Gasteiger partial charge in [-0.1, -0.05) is 36.4 Å². The lowest BCUT2D eigenvalue weighted by atomic mass is 10.0. The second-order valence-corrected chi connectivity index (χ2v) is 5.13. The van der Waals surface area contributed by atoms with Gasteiger partial charge in [0.05, 0.1) is 0 Å². The van der Waals surface area contributed by atoms with Gasteiger partial charge in [-0.25, -0.2) is 0 Å². The fourth-order valence-electron chi connectivity index (χ4n) is 2.52. The maximum atomic E-state index is 5.89. The Morgan fingerprint density at radius 3 is 2.64 bits per heavy atom. The summed E-state index contributed by atoms with van der Waals surface area (Å²) in [6.45, 7) is 0. The number of H-pyrrole nitrogens is 1. The predicted molar refractivity (Wildman–Crippen MR) is 89.1 cm³/mol. The molecule has 1 heterocycles. The summed E-state index contributed by atoms with van der Waals surface area (Å²) in [7, 11) is 0. The fraction of sp³-hybridized carbons (Fsp3) is 0. The molecule has 105 valence electrons. The maximum Gasteiger partial charge on any atom is 0.128 e. The van der Waals surface area contributed by atoms with Crippen molar-refractivity contribution in [1.29, 1.82) is 0 Å². The summed E-state index contributed by atoms with van der Waals surface area (Å²) in [5, 5.41) is 1.21. The first-order valence-electron chi connectivity index (χ1n) is 7.21. The third-order valence-corrected chi connectivity index (χ3v) is 3.62. The minimum atomic E-state index is 0.812. The summed E-state index contributed by atoms with van der Waals surface area (Å²) < 4.78 is 5.89. The van der Waals surface area contributed by atoms with Crippen molar-refractivity contribution < 1.29 is 4.74 Å². The Morgan fingerprint density at radius 2 is 1.73 bits per heavy atom. The zero-order valence-corrected chi connectivity index (χ0v) is 11.9. The van der Waals surface area contributed by atoms with Crippen LogP contribution >= 0.6 is 0 Å². The number of ether oxygens (including phenoxy) is 1. The summed E-state index contributed by atoms with van der Waals surface area (Å²) in [4.78, 5) is 3.24. The van der Waals surface area contributed by atoms with E-state index in [1.54, 1.807) is 0 Å². The van der Waals surface area contributed by atoms with Crippen molar-refractivity contribution in [2.75, 3.05) is 0 Å². The van der Waals surface area contributed by atoms with E-state index in [0.29, 0.717) is 0 Å². The molecule has 4 aromatic rings. The van der Waals surface area contributed by atoms with Crippen molar-refractivity contribution in [3.05, 3.63) is 85.1 Å². The standard InChI is InChI=1S/C20H14NO/c1-2-6-18(7-3-1)22-19-8-4-5-16(13-19)17-10-9-15-11-12-21-20(15)14-17/h1-4,6-14,21H. The SMILES string of the molecule is [c]1ccc(Oc2ccccc2)cc1-c1ccc2cc[nH]c2c1. The average Bonchev–Trinajstić information content (AvgIpc) is 3.04. The van der Waals surface area contributed by atoms with Crippen LogP contribution in [0.4, 0.5) is 0 Å². The summed E-state index contributed by atoms with van der Waals surface area (Å²) in [6, 6.07) is 27.3. The molecule has 2 heteroatoms. The number of nitrogens with one attached hydrogen (secondary N) is 1. The van der Waals surface area contributed by atoms with Gasteiger partial charge in [0.1, 0.15) is 11.5 Å². The number of hydrogen-bond donors (Lipinski definition) is 1. The molecule has 22 heavy (non-hydrogen) atoms. The molecule has 0 saturated heterocycles. The quantitative estimate of drug-likeness (QED) is 0.533. The van der Waals surface area contributed by atoms with Crippen LogP contribution in [0.1, 0.15) is 0 Å². The van der Waals surface area contributed by atoms with Crippen LogP contribution in [0, 0.1) is 6.07 Å². The third kappa shape index (κ3) is 2.47. The normalized spacial score (nSPS) is 10.7. The molecule has 0 bridgehead atoms. The molecule has 4 rings (SSSR count). The highest BCUT2D eigenvalue weighted by atomic mass is 16.5. The van der Waals surface area contributed by atoms with E-state index in [1.807, 2.05) is 54.7 Å². The fourth-order valence-corrected chi connectivity index (χ4v) is 2.52. The molecule has 0 saturated carbocycles. The van der Waals surface area contributed by atoms with E-state index in [4.69, 9.17) is 4.74 Å². The number of benzene rings is 3. The molecule has 0 aliphatic carbocycles. The van der Waals surface area contributed by atoms with Gasteiger partial charge in [0.15, 0.2) is 0 Å². The van der Waals surface area contributed by atoms with Gasteiger partial charge >= 0.3 is 0 Å². The van der Waals surface area contributed by atoms with Gasteiger partial charge in [-0.3, -0.25) is 0 Å². The van der Waals surface area contributed by atoms with Crippen LogP contribution in [0.3, 0.4) is 0 Å². The van der Waals surface area contributed by atoms with Crippen molar-refractivity contribution in [1.82, 2.24) is 4.98 Å². The van der Waals surface area contributed by atoms with Gasteiger partial charge < -0.3 is 9.72 Å². The molecule has 0 fully saturated rings. The van der Waals surface area contributed by atoms with Gasteiger partial charge in [0, 0.05) is 11.7 Å². The smallest absolute Gasteiger partial charge is 0.128 e. The van der Waals surface area contributed by atoms with Crippen LogP contribution in [-0.2, 0) is 0 Å². The molecule has 1 radical (unpaired) electrons. The molecule has 1 N–H and O–H groups in total. The highest BCUT2D eigenvalue weighted by Gasteiger charge is 2.03. The van der Waals surface area contributed by atoms with E-state index in [0.717, 1.165) is 28.1 Å².